The fraction of sp³-hybridized carbons (Fsp3) is 0.200. The second kappa shape index (κ2) is 7.60. The molecule has 0 atom stereocenters. The minimum atomic E-state index is -4.62. The largest absolute Gasteiger partial charge is 0.477 e. The van der Waals surface area contributed by atoms with Crippen molar-refractivity contribution in [2.45, 2.75) is 11.3 Å². The first-order chi connectivity index (χ1) is 12.1. The van der Waals surface area contributed by atoms with Gasteiger partial charge < -0.3 is 10.4 Å². The number of hydrogen-bond acceptors (Lipinski definition) is 5. The highest BCUT2D eigenvalue weighted by Gasteiger charge is 2.33. The maximum absolute atomic E-state index is 12.9. The van der Waals surface area contributed by atoms with Gasteiger partial charge in [-0.25, -0.2) is 9.78 Å². The summed E-state index contributed by atoms with van der Waals surface area (Å²) in [5.74, 6) is -2.49. The van der Waals surface area contributed by atoms with E-state index in [1.54, 1.807) is 0 Å². The minimum absolute atomic E-state index is 0.0549. The van der Waals surface area contributed by atoms with Gasteiger partial charge in [-0.05, 0) is 12.1 Å². The third-order valence-electron chi connectivity index (χ3n) is 3.20. The van der Waals surface area contributed by atoms with E-state index in [2.05, 4.69) is 10.3 Å². The van der Waals surface area contributed by atoms with Gasteiger partial charge in [-0.2, -0.15) is 13.2 Å². The van der Waals surface area contributed by atoms with Crippen molar-refractivity contribution < 1.29 is 27.9 Å². The number of carboxylic acids is 1. The number of hydrogen-bond donors (Lipinski definition) is 2. The number of alkyl halides is 3. The van der Waals surface area contributed by atoms with Crippen LogP contribution in [-0.4, -0.2) is 32.3 Å². The molecule has 2 rings (SSSR count). The highest BCUT2D eigenvalue weighted by molar-refractivity contribution is 7.99. The molecule has 2 aromatic rings. The SMILES string of the molecule is Cn1c(SCC(=O)Nc2ccccc2C(F)(F)F)ncc(C(=O)O)c1=O. The van der Waals surface area contributed by atoms with Gasteiger partial charge in [0.1, 0.15) is 5.56 Å². The van der Waals surface area contributed by atoms with Crippen LogP contribution in [-0.2, 0) is 18.0 Å². The lowest BCUT2D eigenvalue weighted by atomic mass is 10.1. The zero-order valence-electron chi connectivity index (χ0n) is 13.2. The van der Waals surface area contributed by atoms with Crippen LogP contribution >= 0.6 is 11.8 Å². The third-order valence-corrected chi connectivity index (χ3v) is 4.24. The van der Waals surface area contributed by atoms with E-state index < -0.39 is 34.7 Å². The van der Waals surface area contributed by atoms with E-state index >= 15 is 0 Å². The van der Waals surface area contributed by atoms with Gasteiger partial charge in [0.15, 0.2) is 5.16 Å². The molecular weight excluding hydrogens is 375 g/mol. The topological polar surface area (TPSA) is 101 Å². The van der Waals surface area contributed by atoms with Crippen LogP contribution in [0.5, 0.6) is 0 Å². The van der Waals surface area contributed by atoms with E-state index in [-0.39, 0.29) is 16.6 Å². The summed E-state index contributed by atoms with van der Waals surface area (Å²) in [6.07, 6.45) is -3.75. The van der Waals surface area contributed by atoms with Crippen LogP contribution in [0.4, 0.5) is 18.9 Å². The number of halogens is 3. The average Bonchev–Trinajstić information content (AvgIpc) is 2.55. The number of aromatic nitrogens is 2. The first-order valence-corrected chi connectivity index (χ1v) is 7.98. The van der Waals surface area contributed by atoms with Crippen molar-refractivity contribution in [1.29, 1.82) is 0 Å². The Balaban J connectivity index is 2.11. The summed E-state index contributed by atoms with van der Waals surface area (Å²) in [7, 11) is 1.28. The number of aromatic carboxylic acids is 1. The molecule has 0 aliphatic heterocycles. The maximum Gasteiger partial charge on any atom is 0.418 e. The first kappa shape index (κ1) is 19.5. The average molecular weight is 387 g/mol. The number of anilines is 1. The van der Waals surface area contributed by atoms with Crippen molar-refractivity contribution in [3.05, 3.63) is 51.9 Å². The molecular formula is C15H12F3N3O4S. The molecule has 11 heteroatoms. The first-order valence-electron chi connectivity index (χ1n) is 6.99. The van der Waals surface area contributed by atoms with E-state index in [0.717, 1.165) is 34.7 Å². The number of thioether (sulfide) groups is 1. The van der Waals surface area contributed by atoms with Gasteiger partial charge in [-0.15, -0.1) is 0 Å². The summed E-state index contributed by atoms with van der Waals surface area (Å²) in [6.45, 7) is 0. The summed E-state index contributed by atoms with van der Waals surface area (Å²) in [4.78, 5) is 38.4. The van der Waals surface area contributed by atoms with Crippen molar-refractivity contribution >= 4 is 29.3 Å². The fourth-order valence-corrected chi connectivity index (χ4v) is 2.70. The second-order valence-electron chi connectivity index (χ2n) is 5.00. The molecule has 0 radical (unpaired) electrons. The lowest BCUT2D eigenvalue weighted by Crippen LogP contribution is -2.26. The number of benzene rings is 1. The molecule has 0 fully saturated rings. The maximum atomic E-state index is 12.9. The number of carbonyl (C=O) groups excluding carboxylic acids is 1. The zero-order chi connectivity index (χ0) is 19.5. The Labute approximate surface area is 148 Å². The molecule has 0 aliphatic rings. The quantitative estimate of drug-likeness (QED) is 0.603. The number of amides is 1. The van der Waals surface area contributed by atoms with Gasteiger partial charge >= 0.3 is 12.1 Å². The molecule has 0 aliphatic carbocycles. The summed E-state index contributed by atoms with van der Waals surface area (Å²) in [6, 6.07) is 4.53. The van der Waals surface area contributed by atoms with E-state index in [1.807, 2.05) is 0 Å². The number of nitrogens with zero attached hydrogens (tertiary/aromatic N) is 2. The Morgan fingerprint density at radius 2 is 1.96 bits per heavy atom. The number of rotatable bonds is 5. The number of carbonyl (C=O) groups is 2. The van der Waals surface area contributed by atoms with Gasteiger partial charge in [-0.1, -0.05) is 23.9 Å². The van der Waals surface area contributed by atoms with Crippen molar-refractivity contribution in [2.75, 3.05) is 11.1 Å². The Kier molecular flexibility index (Phi) is 5.70. The molecule has 0 bridgehead atoms. The predicted molar refractivity (Wildman–Crippen MR) is 87.2 cm³/mol. The summed E-state index contributed by atoms with van der Waals surface area (Å²) >= 11 is 0.788. The molecule has 1 aromatic heterocycles. The van der Waals surface area contributed by atoms with Crippen molar-refractivity contribution in [2.24, 2.45) is 7.05 Å². The summed E-state index contributed by atoms with van der Waals surface area (Å²) in [5.41, 5.74) is -2.69. The predicted octanol–water partition coefficient (Wildman–Crippen LogP) is 2.23. The molecule has 1 aromatic carbocycles. The molecule has 7 nitrogen and oxygen atoms in total. The summed E-state index contributed by atoms with van der Waals surface area (Å²) in [5, 5.41) is 11.1. The van der Waals surface area contributed by atoms with Crippen LogP contribution in [0.25, 0.3) is 0 Å². The van der Waals surface area contributed by atoms with E-state index in [4.69, 9.17) is 5.11 Å². The number of para-hydroxylation sites is 1. The van der Waals surface area contributed by atoms with Crippen LogP contribution in [0.1, 0.15) is 15.9 Å². The Bertz CT molecular complexity index is 912. The van der Waals surface area contributed by atoms with Gasteiger partial charge in [0.2, 0.25) is 5.91 Å². The van der Waals surface area contributed by atoms with E-state index in [0.29, 0.717) is 0 Å². The molecule has 1 heterocycles. The van der Waals surface area contributed by atoms with Crippen LogP contribution in [0.2, 0.25) is 0 Å². The van der Waals surface area contributed by atoms with Crippen molar-refractivity contribution in [1.82, 2.24) is 9.55 Å². The number of nitrogens with one attached hydrogen (secondary N) is 1. The Morgan fingerprint density at radius 3 is 2.58 bits per heavy atom. The van der Waals surface area contributed by atoms with Gasteiger partial charge in [0, 0.05) is 13.2 Å². The van der Waals surface area contributed by atoms with Crippen LogP contribution in [0.3, 0.4) is 0 Å². The van der Waals surface area contributed by atoms with Gasteiger partial charge in [0.25, 0.3) is 5.56 Å². The van der Waals surface area contributed by atoms with E-state index in [1.165, 1.54) is 19.2 Å². The number of carboxylic acid groups (broad SMARTS) is 1. The monoisotopic (exact) mass is 387 g/mol. The van der Waals surface area contributed by atoms with Crippen molar-refractivity contribution in [3.8, 4) is 0 Å². The van der Waals surface area contributed by atoms with Crippen molar-refractivity contribution in [3.63, 3.8) is 0 Å². The summed E-state index contributed by atoms with van der Waals surface area (Å²) < 4.78 is 39.6. The standard InChI is InChI=1S/C15H12F3N3O4S/c1-21-12(23)8(13(24)25)6-19-14(21)26-7-11(22)20-10-5-3-2-4-9(10)15(16,17)18/h2-6H,7H2,1H3,(H,20,22)(H,24,25). The normalized spacial score (nSPS) is 11.2. The molecule has 1 amide bonds. The Morgan fingerprint density at radius 1 is 1.31 bits per heavy atom. The molecule has 2 N–H and O–H groups in total. The smallest absolute Gasteiger partial charge is 0.418 e. The lowest BCUT2D eigenvalue weighted by Gasteiger charge is -2.13. The second-order valence-corrected chi connectivity index (χ2v) is 5.95. The molecule has 0 saturated carbocycles. The van der Waals surface area contributed by atoms with E-state index in [9.17, 15) is 27.6 Å². The Hall–Kier alpha value is -2.82. The van der Waals surface area contributed by atoms with Crippen LogP contribution < -0.4 is 10.9 Å². The highest BCUT2D eigenvalue weighted by atomic mass is 32.2. The molecule has 26 heavy (non-hydrogen) atoms. The van der Waals surface area contributed by atoms with Crippen LogP contribution in [0, 0.1) is 0 Å². The molecule has 0 saturated heterocycles. The van der Waals surface area contributed by atoms with Crippen LogP contribution in [0.15, 0.2) is 40.4 Å². The third kappa shape index (κ3) is 4.42. The highest BCUT2D eigenvalue weighted by Crippen LogP contribution is 2.34. The zero-order valence-corrected chi connectivity index (χ0v) is 14.0. The fourth-order valence-electron chi connectivity index (χ4n) is 1.97. The van der Waals surface area contributed by atoms with Gasteiger partial charge in [0.05, 0.1) is 17.0 Å². The van der Waals surface area contributed by atoms with Gasteiger partial charge in [-0.3, -0.25) is 14.2 Å². The minimum Gasteiger partial charge on any atom is -0.477 e. The molecule has 0 spiro atoms. The molecule has 138 valence electrons. The molecule has 0 unspecified atom stereocenters. The lowest BCUT2D eigenvalue weighted by molar-refractivity contribution is -0.137.